The number of rotatable bonds is 4. The average molecular weight is 288 g/mol. The lowest BCUT2D eigenvalue weighted by atomic mass is 10.3. The summed E-state index contributed by atoms with van der Waals surface area (Å²) in [4.78, 5) is 13.1. The van der Waals surface area contributed by atoms with E-state index in [4.69, 9.17) is 10.2 Å². The molecule has 2 aromatic heterocycles. The van der Waals surface area contributed by atoms with E-state index in [0.717, 1.165) is 37.8 Å². The lowest BCUT2D eigenvalue weighted by molar-refractivity contribution is 0.312. The molecular weight excluding hydrogens is 268 g/mol. The van der Waals surface area contributed by atoms with Crippen LogP contribution in [0.2, 0.25) is 0 Å². The van der Waals surface area contributed by atoms with E-state index in [9.17, 15) is 0 Å². The Hall–Kier alpha value is -2.28. The Labute approximate surface area is 123 Å². The number of hydrogen-bond donors (Lipinski definition) is 2. The fourth-order valence-corrected chi connectivity index (χ4v) is 2.38. The van der Waals surface area contributed by atoms with Gasteiger partial charge in [0, 0.05) is 26.2 Å². The second-order valence-electron chi connectivity index (χ2n) is 5.18. The van der Waals surface area contributed by atoms with E-state index in [-0.39, 0.29) is 0 Å². The maximum absolute atomic E-state index is 6.21. The minimum absolute atomic E-state index is 0.552. The number of nitrogens with zero attached hydrogens (tertiary/aromatic N) is 4. The van der Waals surface area contributed by atoms with Gasteiger partial charge in [0.15, 0.2) is 11.6 Å². The van der Waals surface area contributed by atoms with Crippen LogP contribution in [0.25, 0.3) is 0 Å². The van der Waals surface area contributed by atoms with E-state index in [1.54, 1.807) is 12.6 Å². The van der Waals surface area contributed by atoms with E-state index in [1.165, 1.54) is 0 Å². The number of piperazine rings is 1. The normalized spacial score (nSPS) is 16.1. The van der Waals surface area contributed by atoms with Crippen LogP contribution in [0.15, 0.2) is 29.1 Å². The number of anilines is 3. The Balaban J connectivity index is 1.72. The van der Waals surface area contributed by atoms with Crippen LogP contribution in [-0.2, 0) is 6.54 Å². The largest absolute Gasteiger partial charge is 0.467 e. The van der Waals surface area contributed by atoms with Gasteiger partial charge in [0.05, 0.1) is 12.8 Å². The zero-order valence-electron chi connectivity index (χ0n) is 12.1. The number of nitrogens with two attached hydrogens (primary N) is 1. The fraction of sp³-hybridized carbons (Fsp3) is 0.429. The minimum atomic E-state index is 0.552. The average Bonchev–Trinajstić information content (AvgIpc) is 3.01. The smallest absolute Gasteiger partial charge is 0.157 e. The molecule has 0 aliphatic carbocycles. The Kier molecular flexibility index (Phi) is 3.92. The molecule has 1 fully saturated rings. The van der Waals surface area contributed by atoms with E-state index in [2.05, 4.69) is 32.1 Å². The van der Waals surface area contributed by atoms with Gasteiger partial charge < -0.3 is 25.3 Å². The molecule has 1 aliphatic heterocycles. The molecule has 0 radical (unpaired) electrons. The van der Waals surface area contributed by atoms with Crippen molar-refractivity contribution in [2.24, 2.45) is 0 Å². The van der Waals surface area contributed by atoms with Crippen molar-refractivity contribution >= 4 is 17.3 Å². The van der Waals surface area contributed by atoms with Crippen molar-refractivity contribution in [2.75, 3.05) is 49.2 Å². The molecule has 0 atom stereocenters. The van der Waals surface area contributed by atoms with Crippen molar-refractivity contribution < 1.29 is 4.42 Å². The molecule has 0 spiro atoms. The van der Waals surface area contributed by atoms with Crippen LogP contribution >= 0.6 is 0 Å². The van der Waals surface area contributed by atoms with Gasteiger partial charge >= 0.3 is 0 Å². The molecular formula is C14H20N6O. The molecule has 7 heteroatoms. The van der Waals surface area contributed by atoms with Crippen LogP contribution in [0, 0.1) is 0 Å². The summed E-state index contributed by atoms with van der Waals surface area (Å²) in [6.45, 7) is 4.43. The molecule has 112 valence electrons. The second kappa shape index (κ2) is 6.01. The summed E-state index contributed by atoms with van der Waals surface area (Å²) in [7, 11) is 2.12. The molecule has 1 saturated heterocycles. The van der Waals surface area contributed by atoms with Gasteiger partial charge in [0.2, 0.25) is 0 Å². The summed E-state index contributed by atoms with van der Waals surface area (Å²) < 4.78 is 5.29. The first-order valence-electron chi connectivity index (χ1n) is 7.04. The van der Waals surface area contributed by atoms with Crippen LogP contribution in [-0.4, -0.2) is 48.1 Å². The van der Waals surface area contributed by atoms with Crippen molar-refractivity contribution in [3.05, 3.63) is 30.5 Å². The van der Waals surface area contributed by atoms with Gasteiger partial charge in [-0.3, -0.25) is 0 Å². The molecule has 3 rings (SSSR count). The number of likely N-dealkylation sites (N-methyl/N-ethyl adjacent to an activating group) is 1. The highest BCUT2D eigenvalue weighted by molar-refractivity contribution is 5.74. The maximum atomic E-state index is 6.21. The van der Waals surface area contributed by atoms with Crippen LogP contribution < -0.4 is 16.0 Å². The van der Waals surface area contributed by atoms with Crippen LogP contribution in [0.4, 0.5) is 17.3 Å². The molecule has 3 heterocycles. The summed E-state index contributed by atoms with van der Waals surface area (Å²) in [6.07, 6.45) is 3.20. The van der Waals surface area contributed by atoms with Gasteiger partial charge in [0.25, 0.3) is 0 Å². The van der Waals surface area contributed by atoms with Crippen molar-refractivity contribution in [3.8, 4) is 0 Å². The molecule has 0 saturated carbocycles. The first-order chi connectivity index (χ1) is 10.2. The van der Waals surface area contributed by atoms with E-state index in [0.29, 0.717) is 18.1 Å². The van der Waals surface area contributed by atoms with Crippen molar-refractivity contribution in [1.82, 2.24) is 14.9 Å². The van der Waals surface area contributed by atoms with Gasteiger partial charge in [-0.2, -0.15) is 0 Å². The second-order valence-corrected chi connectivity index (χ2v) is 5.18. The first-order valence-corrected chi connectivity index (χ1v) is 7.04. The Morgan fingerprint density at radius 3 is 2.81 bits per heavy atom. The number of nitrogens with one attached hydrogen (secondary N) is 1. The van der Waals surface area contributed by atoms with Crippen molar-refractivity contribution in [2.45, 2.75) is 6.54 Å². The topological polar surface area (TPSA) is 83.5 Å². The Morgan fingerprint density at radius 1 is 1.29 bits per heavy atom. The molecule has 1 aliphatic rings. The fourth-order valence-electron chi connectivity index (χ4n) is 2.38. The highest BCUT2D eigenvalue weighted by atomic mass is 16.3. The standard InChI is InChI=1S/C14H20N6O/c1-19-4-6-20(7-5-19)14-12(15)13(17-10-18-14)16-9-11-3-2-8-21-11/h2-3,8,10H,4-7,9,15H2,1H3,(H,16,17,18). The molecule has 7 nitrogen and oxygen atoms in total. The summed E-state index contributed by atoms with van der Waals surface area (Å²) in [5.74, 6) is 2.30. The predicted octanol–water partition coefficient (Wildman–Crippen LogP) is 1.02. The van der Waals surface area contributed by atoms with Crippen LogP contribution in [0.3, 0.4) is 0 Å². The zero-order valence-corrected chi connectivity index (χ0v) is 12.1. The first kappa shape index (κ1) is 13.7. The van der Waals surface area contributed by atoms with Crippen molar-refractivity contribution in [1.29, 1.82) is 0 Å². The third kappa shape index (κ3) is 3.08. The highest BCUT2D eigenvalue weighted by Gasteiger charge is 2.19. The van der Waals surface area contributed by atoms with Gasteiger partial charge in [0.1, 0.15) is 17.8 Å². The third-order valence-electron chi connectivity index (χ3n) is 3.68. The van der Waals surface area contributed by atoms with Crippen LogP contribution in [0.5, 0.6) is 0 Å². The number of nitrogen functional groups attached to an aromatic ring is 1. The molecule has 2 aromatic rings. The number of hydrogen-bond acceptors (Lipinski definition) is 7. The zero-order chi connectivity index (χ0) is 14.7. The number of aromatic nitrogens is 2. The van der Waals surface area contributed by atoms with Crippen molar-refractivity contribution in [3.63, 3.8) is 0 Å². The Bertz CT molecular complexity index is 577. The highest BCUT2D eigenvalue weighted by Crippen LogP contribution is 2.27. The van der Waals surface area contributed by atoms with E-state index in [1.807, 2.05) is 12.1 Å². The molecule has 3 N–H and O–H groups in total. The summed E-state index contributed by atoms with van der Waals surface area (Å²) in [5.41, 5.74) is 6.81. The number of furan rings is 1. The predicted molar refractivity (Wildman–Crippen MR) is 82.2 cm³/mol. The molecule has 21 heavy (non-hydrogen) atoms. The molecule has 0 bridgehead atoms. The van der Waals surface area contributed by atoms with Gasteiger partial charge in [-0.25, -0.2) is 9.97 Å². The summed E-state index contributed by atoms with van der Waals surface area (Å²) in [6, 6.07) is 3.77. The summed E-state index contributed by atoms with van der Waals surface area (Å²) in [5, 5.41) is 3.20. The maximum Gasteiger partial charge on any atom is 0.157 e. The van der Waals surface area contributed by atoms with Gasteiger partial charge in [-0.1, -0.05) is 0 Å². The van der Waals surface area contributed by atoms with E-state index < -0.39 is 0 Å². The molecule has 0 unspecified atom stereocenters. The molecule has 0 amide bonds. The quantitative estimate of drug-likeness (QED) is 0.868. The van der Waals surface area contributed by atoms with Gasteiger partial charge in [-0.15, -0.1) is 0 Å². The summed E-state index contributed by atoms with van der Waals surface area (Å²) >= 11 is 0. The monoisotopic (exact) mass is 288 g/mol. The Morgan fingerprint density at radius 2 is 2.10 bits per heavy atom. The lowest BCUT2D eigenvalue weighted by Crippen LogP contribution is -2.45. The van der Waals surface area contributed by atoms with Gasteiger partial charge in [-0.05, 0) is 19.2 Å². The molecule has 0 aromatic carbocycles. The minimum Gasteiger partial charge on any atom is -0.467 e. The van der Waals surface area contributed by atoms with Crippen LogP contribution in [0.1, 0.15) is 5.76 Å². The third-order valence-corrected chi connectivity index (χ3v) is 3.68. The SMILES string of the molecule is CN1CCN(c2ncnc(NCc3ccco3)c2N)CC1. The lowest BCUT2D eigenvalue weighted by Gasteiger charge is -2.33. The van der Waals surface area contributed by atoms with E-state index >= 15 is 0 Å².